The number of amides is 1. The first-order chi connectivity index (χ1) is 14.8. The van der Waals surface area contributed by atoms with Crippen molar-refractivity contribution in [2.75, 3.05) is 0 Å². The molecular formula is C21H20ClN7O2. The molecule has 31 heavy (non-hydrogen) atoms. The molecule has 0 aliphatic rings. The number of hydrogen-bond acceptors (Lipinski definition) is 5. The number of aryl methyl sites for hydroxylation is 2. The molecule has 4 aromatic rings. The second-order valence-corrected chi connectivity index (χ2v) is 7.62. The first kappa shape index (κ1) is 20.5. The van der Waals surface area contributed by atoms with Crippen LogP contribution in [0.25, 0.3) is 16.9 Å². The van der Waals surface area contributed by atoms with Crippen LogP contribution in [0.3, 0.4) is 0 Å². The van der Waals surface area contributed by atoms with E-state index in [1.54, 1.807) is 60.1 Å². The Hall–Kier alpha value is -3.72. The van der Waals surface area contributed by atoms with E-state index in [2.05, 4.69) is 20.6 Å². The van der Waals surface area contributed by atoms with Crippen molar-refractivity contribution in [3.05, 3.63) is 81.6 Å². The second-order valence-electron chi connectivity index (χ2n) is 7.18. The van der Waals surface area contributed by atoms with E-state index >= 15 is 0 Å². The molecule has 0 aliphatic heterocycles. The number of nitrogens with one attached hydrogen (secondary N) is 1. The summed E-state index contributed by atoms with van der Waals surface area (Å²) in [6.45, 7) is 1.83. The van der Waals surface area contributed by atoms with Crippen LogP contribution in [-0.4, -0.2) is 35.2 Å². The smallest absolute Gasteiger partial charge is 0.284 e. The van der Waals surface area contributed by atoms with Crippen molar-refractivity contribution in [2.45, 2.75) is 13.0 Å². The van der Waals surface area contributed by atoms with Crippen molar-refractivity contribution < 1.29 is 4.79 Å². The van der Waals surface area contributed by atoms with Gasteiger partial charge in [-0.05, 0) is 25.1 Å². The average molecular weight is 438 g/mol. The van der Waals surface area contributed by atoms with Crippen LogP contribution in [-0.2, 0) is 14.1 Å². The van der Waals surface area contributed by atoms with Crippen LogP contribution in [0.1, 0.15) is 28.9 Å². The lowest BCUT2D eigenvalue weighted by molar-refractivity contribution is 0.0937. The molecule has 4 rings (SSSR count). The quantitative estimate of drug-likeness (QED) is 0.517. The van der Waals surface area contributed by atoms with Gasteiger partial charge in [-0.25, -0.2) is 0 Å². The summed E-state index contributed by atoms with van der Waals surface area (Å²) in [4.78, 5) is 26.2. The fourth-order valence-electron chi connectivity index (χ4n) is 3.13. The summed E-state index contributed by atoms with van der Waals surface area (Å²) >= 11 is 6.00. The van der Waals surface area contributed by atoms with Gasteiger partial charge in [-0.3, -0.25) is 19.0 Å². The number of aromatic nitrogens is 6. The SMILES string of the molecule is CC(NC(=O)c1cc(-c2ccc(Cl)cc2)nn(-c2cnn(C)c2)c1=O)c1cnn(C)c1. The molecular weight excluding hydrogens is 418 g/mol. The van der Waals surface area contributed by atoms with E-state index in [4.69, 9.17) is 11.6 Å². The van der Waals surface area contributed by atoms with Gasteiger partial charge in [0.15, 0.2) is 0 Å². The summed E-state index contributed by atoms with van der Waals surface area (Å²) in [5.41, 5.74) is 1.89. The molecule has 0 fully saturated rings. The highest BCUT2D eigenvalue weighted by Crippen LogP contribution is 2.21. The molecule has 3 aromatic heterocycles. The minimum absolute atomic E-state index is 0.0282. The maximum Gasteiger partial charge on any atom is 0.284 e. The predicted octanol–water partition coefficient (Wildman–Crippen LogP) is 2.51. The Labute approximate surface area is 182 Å². The Morgan fingerprint density at radius 3 is 2.35 bits per heavy atom. The third-order valence-electron chi connectivity index (χ3n) is 4.80. The van der Waals surface area contributed by atoms with Crippen LogP contribution in [0, 0.1) is 0 Å². The van der Waals surface area contributed by atoms with Crippen LogP contribution in [0.15, 0.2) is 59.9 Å². The van der Waals surface area contributed by atoms with Gasteiger partial charge in [0.2, 0.25) is 0 Å². The highest BCUT2D eigenvalue weighted by atomic mass is 35.5. The van der Waals surface area contributed by atoms with Crippen molar-refractivity contribution >= 4 is 17.5 Å². The van der Waals surface area contributed by atoms with E-state index in [-0.39, 0.29) is 11.6 Å². The van der Waals surface area contributed by atoms with Crippen LogP contribution < -0.4 is 10.9 Å². The summed E-state index contributed by atoms with van der Waals surface area (Å²) in [6.07, 6.45) is 6.65. The molecule has 0 radical (unpaired) electrons. The molecule has 1 N–H and O–H groups in total. The lowest BCUT2D eigenvalue weighted by Gasteiger charge is -2.14. The number of hydrogen-bond donors (Lipinski definition) is 1. The normalized spacial score (nSPS) is 12.0. The number of carbonyl (C=O) groups is 1. The molecule has 0 bridgehead atoms. The van der Waals surface area contributed by atoms with Gasteiger partial charge >= 0.3 is 0 Å². The molecule has 158 valence electrons. The van der Waals surface area contributed by atoms with E-state index in [0.29, 0.717) is 16.4 Å². The number of carbonyl (C=O) groups excluding carboxylic acids is 1. The largest absolute Gasteiger partial charge is 0.345 e. The molecule has 1 aromatic carbocycles. The van der Waals surface area contributed by atoms with Crippen molar-refractivity contribution in [1.82, 2.24) is 34.7 Å². The monoisotopic (exact) mass is 437 g/mol. The maximum absolute atomic E-state index is 13.1. The summed E-state index contributed by atoms with van der Waals surface area (Å²) in [5, 5.41) is 16.1. The summed E-state index contributed by atoms with van der Waals surface area (Å²) in [5.74, 6) is -0.503. The fourth-order valence-corrected chi connectivity index (χ4v) is 3.26. The molecule has 0 spiro atoms. The minimum atomic E-state index is -0.540. The van der Waals surface area contributed by atoms with Gasteiger partial charge in [0.1, 0.15) is 11.3 Å². The Bertz CT molecular complexity index is 1300. The maximum atomic E-state index is 13.1. The van der Waals surface area contributed by atoms with E-state index in [0.717, 1.165) is 11.1 Å². The van der Waals surface area contributed by atoms with Gasteiger partial charge in [0, 0.05) is 36.4 Å². The molecule has 9 nitrogen and oxygen atoms in total. The number of benzene rings is 1. The zero-order chi connectivity index (χ0) is 22.1. The molecule has 0 saturated heterocycles. The van der Waals surface area contributed by atoms with Gasteiger partial charge in [-0.1, -0.05) is 23.7 Å². The van der Waals surface area contributed by atoms with E-state index < -0.39 is 11.5 Å². The second kappa shape index (κ2) is 8.19. The fraction of sp³-hybridized carbons (Fsp3) is 0.190. The standard InChI is InChI=1S/C21H20ClN7O2/c1-13(15-9-23-27(2)11-15)25-20(30)18-8-19(14-4-6-16(22)7-5-14)26-29(21(18)31)17-10-24-28(3)12-17/h4-13H,1-3H3,(H,25,30). The van der Waals surface area contributed by atoms with Crippen LogP contribution in [0.4, 0.5) is 0 Å². The summed E-state index contributed by atoms with van der Waals surface area (Å²) in [6, 6.07) is 8.17. The van der Waals surface area contributed by atoms with Gasteiger partial charge < -0.3 is 5.32 Å². The van der Waals surface area contributed by atoms with E-state index in [1.807, 2.05) is 13.1 Å². The molecule has 1 amide bonds. The zero-order valence-corrected chi connectivity index (χ0v) is 17.9. The Balaban J connectivity index is 1.78. The average Bonchev–Trinajstić information content (AvgIpc) is 3.37. The third-order valence-corrected chi connectivity index (χ3v) is 5.06. The zero-order valence-electron chi connectivity index (χ0n) is 17.2. The number of nitrogens with zero attached hydrogens (tertiary/aromatic N) is 6. The molecule has 1 unspecified atom stereocenters. The Kier molecular flexibility index (Phi) is 5.43. The number of rotatable bonds is 5. The van der Waals surface area contributed by atoms with Gasteiger partial charge in [-0.2, -0.15) is 20.0 Å². The highest BCUT2D eigenvalue weighted by molar-refractivity contribution is 6.30. The first-order valence-electron chi connectivity index (χ1n) is 9.50. The van der Waals surface area contributed by atoms with E-state index in [9.17, 15) is 9.59 Å². The van der Waals surface area contributed by atoms with Crippen molar-refractivity contribution in [2.24, 2.45) is 14.1 Å². The Morgan fingerprint density at radius 1 is 1.06 bits per heavy atom. The molecule has 10 heteroatoms. The highest BCUT2D eigenvalue weighted by Gasteiger charge is 2.20. The van der Waals surface area contributed by atoms with Crippen molar-refractivity contribution in [3.8, 4) is 16.9 Å². The summed E-state index contributed by atoms with van der Waals surface area (Å²) in [7, 11) is 3.53. The van der Waals surface area contributed by atoms with E-state index in [1.165, 1.54) is 16.9 Å². The molecule has 1 atom stereocenters. The predicted molar refractivity (Wildman–Crippen MR) is 116 cm³/mol. The lowest BCUT2D eigenvalue weighted by Crippen LogP contribution is -2.35. The van der Waals surface area contributed by atoms with Gasteiger partial charge in [0.05, 0.1) is 30.3 Å². The number of halogens is 1. The van der Waals surface area contributed by atoms with Crippen LogP contribution in [0.5, 0.6) is 0 Å². The van der Waals surface area contributed by atoms with Crippen LogP contribution >= 0.6 is 11.6 Å². The minimum Gasteiger partial charge on any atom is -0.345 e. The van der Waals surface area contributed by atoms with Crippen molar-refractivity contribution in [3.63, 3.8) is 0 Å². The van der Waals surface area contributed by atoms with Gasteiger partial charge in [0.25, 0.3) is 11.5 Å². The Morgan fingerprint density at radius 2 is 1.74 bits per heavy atom. The van der Waals surface area contributed by atoms with Crippen LogP contribution in [0.2, 0.25) is 5.02 Å². The lowest BCUT2D eigenvalue weighted by atomic mass is 10.1. The first-order valence-corrected chi connectivity index (χ1v) is 9.88. The molecule has 0 aliphatic carbocycles. The molecule has 3 heterocycles. The topological polar surface area (TPSA) is 99.6 Å². The third kappa shape index (κ3) is 4.26. The van der Waals surface area contributed by atoms with Crippen molar-refractivity contribution in [1.29, 1.82) is 0 Å². The van der Waals surface area contributed by atoms with Gasteiger partial charge in [-0.15, -0.1) is 0 Å². The molecule has 0 saturated carbocycles. The summed E-state index contributed by atoms with van der Waals surface area (Å²) < 4.78 is 4.39.